The van der Waals surface area contributed by atoms with Crippen LogP contribution in [-0.2, 0) is 14.4 Å². The van der Waals surface area contributed by atoms with Crippen LogP contribution in [0.3, 0.4) is 0 Å². The van der Waals surface area contributed by atoms with Gasteiger partial charge in [0.1, 0.15) is 17.9 Å². The second-order valence-electron chi connectivity index (χ2n) is 8.76. The highest BCUT2D eigenvalue weighted by Gasteiger charge is 2.29. The predicted molar refractivity (Wildman–Crippen MR) is 147 cm³/mol. The Morgan fingerprint density at radius 2 is 2.08 bits per heavy atom. The lowest BCUT2D eigenvalue weighted by Crippen LogP contribution is -2.24. The molecule has 0 radical (unpaired) electrons. The molecule has 1 unspecified atom stereocenters. The van der Waals surface area contributed by atoms with Crippen LogP contribution in [0.5, 0.6) is 5.75 Å². The topological polar surface area (TPSA) is 114 Å². The second-order valence-corrected chi connectivity index (χ2v) is 8.76. The number of likely N-dealkylation sites (N-methyl/N-ethyl adjacent to an activating group) is 1. The van der Waals surface area contributed by atoms with Gasteiger partial charge in [0.25, 0.3) is 0 Å². The molecule has 0 saturated carbocycles. The number of rotatable bonds is 11. The molecule has 3 heterocycles. The summed E-state index contributed by atoms with van der Waals surface area (Å²) in [5, 5.41) is 7.97. The van der Waals surface area contributed by atoms with Gasteiger partial charge in [-0.3, -0.25) is 14.6 Å². The number of amides is 1. The van der Waals surface area contributed by atoms with E-state index < -0.39 is 0 Å². The summed E-state index contributed by atoms with van der Waals surface area (Å²) in [6.07, 6.45) is 5.39. The first-order chi connectivity index (χ1) is 18.4. The maximum absolute atomic E-state index is 12.2. The minimum Gasteiger partial charge on any atom is -0.494 e. The Morgan fingerprint density at radius 3 is 2.79 bits per heavy atom. The highest BCUT2D eigenvalue weighted by molar-refractivity contribution is 6.02. The maximum atomic E-state index is 12.2. The Labute approximate surface area is 222 Å². The van der Waals surface area contributed by atoms with E-state index in [1.807, 2.05) is 37.2 Å². The lowest BCUT2D eigenvalue weighted by Gasteiger charge is -2.25. The number of aromatic nitrogens is 3. The van der Waals surface area contributed by atoms with Crippen LogP contribution in [0.1, 0.15) is 23.7 Å². The standard InChI is InChI=1S/C27H33N7O4/c1-6-27(35)32-20-13-21(24(37-5)14-23(20)33(3)10-12-36-4)31-25-15-26(30-17-29-25)34-22(9-11-38-34)19-8-7-18(2)28-16-19/h6-8,13-17,22H,1,9-12H2,2-5H3,(H,32,35)(H,29,30,31). The Kier molecular flexibility index (Phi) is 8.72. The van der Waals surface area contributed by atoms with E-state index in [4.69, 9.17) is 14.3 Å². The third-order valence-electron chi connectivity index (χ3n) is 6.17. The zero-order chi connectivity index (χ0) is 27.1. The van der Waals surface area contributed by atoms with Gasteiger partial charge in [-0.25, -0.2) is 15.0 Å². The molecule has 3 aromatic rings. The van der Waals surface area contributed by atoms with Crippen molar-refractivity contribution in [2.24, 2.45) is 0 Å². The van der Waals surface area contributed by atoms with Gasteiger partial charge in [0.15, 0.2) is 5.82 Å². The van der Waals surface area contributed by atoms with Gasteiger partial charge in [-0.05, 0) is 30.7 Å². The SMILES string of the molecule is C=CC(=O)Nc1cc(Nc2cc(N3OCCC3c3ccc(C)nc3)ncn2)c(OC)cc1N(C)CCOC. The van der Waals surface area contributed by atoms with Crippen LogP contribution in [0.2, 0.25) is 0 Å². The molecule has 38 heavy (non-hydrogen) atoms. The molecule has 0 bridgehead atoms. The van der Waals surface area contributed by atoms with Crippen LogP contribution in [0, 0.1) is 6.92 Å². The van der Waals surface area contributed by atoms with E-state index in [0.717, 1.165) is 23.4 Å². The van der Waals surface area contributed by atoms with Crippen molar-refractivity contribution in [3.63, 3.8) is 0 Å². The number of anilines is 5. The van der Waals surface area contributed by atoms with E-state index >= 15 is 0 Å². The molecule has 2 N–H and O–H groups in total. The van der Waals surface area contributed by atoms with Crippen LogP contribution in [0.4, 0.5) is 28.7 Å². The van der Waals surface area contributed by atoms with E-state index in [-0.39, 0.29) is 11.9 Å². The third-order valence-corrected chi connectivity index (χ3v) is 6.17. The average molecular weight is 520 g/mol. The molecule has 200 valence electrons. The second kappa shape index (κ2) is 12.3. The average Bonchev–Trinajstić information content (AvgIpc) is 3.42. The number of hydrogen-bond acceptors (Lipinski definition) is 10. The number of carbonyl (C=O) groups excluding carboxylic acids is 1. The number of nitrogens with zero attached hydrogens (tertiary/aromatic N) is 5. The van der Waals surface area contributed by atoms with Gasteiger partial charge in [0.05, 0.1) is 43.4 Å². The number of benzene rings is 1. The minimum absolute atomic E-state index is 0.0111. The van der Waals surface area contributed by atoms with Crippen molar-refractivity contribution in [1.29, 1.82) is 0 Å². The molecular weight excluding hydrogens is 486 g/mol. The van der Waals surface area contributed by atoms with Crippen molar-refractivity contribution in [1.82, 2.24) is 15.0 Å². The molecule has 11 nitrogen and oxygen atoms in total. The highest BCUT2D eigenvalue weighted by atomic mass is 16.7. The number of carbonyl (C=O) groups is 1. The molecule has 1 aliphatic heterocycles. The Balaban J connectivity index is 1.63. The van der Waals surface area contributed by atoms with Crippen LogP contribution in [0.25, 0.3) is 0 Å². The Hall–Kier alpha value is -4.22. The molecule has 4 rings (SSSR count). The number of hydrogen-bond donors (Lipinski definition) is 2. The molecule has 1 saturated heterocycles. The van der Waals surface area contributed by atoms with Gasteiger partial charge in [-0.15, -0.1) is 0 Å². The summed E-state index contributed by atoms with van der Waals surface area (Å²) in [6.45, 7) is 7.23. The fourth-order valence-electron chi connectivity index (χ4n) is 4.13. The van der Waals surface area contributed by atoms with Crippen molar-refractivity contribution in [2.45, 2.75) is 19.4 Å². The molecule has 1 atom stereocenters. The van der Waals surface area contributed by atoms with E-state index in [0.29, 0.717) is 48.5 Å². The lowest BCUT2D eigenvalue weighted by atomic mass is 10.1. The van der Waals surface area contributed by atoms with Gasteiger partial charge in [0.2, 0.25) is 5.91 Å². The highest BCUT2D eigenvalue weighted by Crippen LogP contribution is 2.39. The largest absolute Gasteiger partial charge is 0.494 e. The quantitative estimate of drug-likeness (QED) is 0.360. The molecule has 1 aromatic carbocycles. The smallest absolute Gasteiger partial charge is 0.247 e. The number of hydroxylamine groups is 1. The van der Waals surface area contributed by atoms with Crippen LogP contribution in [0.15, 0.2) is 55.5 Å². The van der Waals surface area contributed by atoms with Crippen LogP contribution >= 0.6 is 0 Å². The van der Waals surface area contributed by atoms with Gasteiger partial charge in [-0.1, -0.05) is 12.6 Å². The van der Waals surface area contributed by atoms with E-state index in [1.165, 1.54) is 12.4 Å². The fourth-order valence-corrected chi connectivity index (χ4v) is 4.13. The summed E-state index contributed by atoms with van der Waals surface area (Å²) in [4.78, 5) is 33.3. The summed E-state index contributed by atoms with van der Waals surface area (Å²) in [5.74, 6) is 1.39. The minimum atomic E-state index is -0.324. The zero-order valence-electron chi connectivity index (χ0n) is 22.1. The van der Waals surface area contributed by atoms with Crippen molar-refractivity contribution < 1.29 is 19.1 Å². The fraction of sp³-hybridized carbons (Fsp3) is 0.333. The monoisotopic (exact) mass is 519 g/mol. The summed E-state index contributed by atoms with van der Waals surface area (Å²) >= 11 is 0. The number of ether oxygens (including phenoxy) is 2. The molecule has 1 fully saturated rings. The molecule has 1 amide bonds. The van der Waals surface area contributed by atoms with Crippen LogP contribution in [-0.4, -0.2) is 61.9 Å². The molecule has 0 spiro atoms. The first-order valence-corrected chi connectivity index (χ1v) is 12.2. The van der Waals surface area contributed by atoms with E-state index in [2.05, 4.69) is 38.2 Å². The Morgan fingerprint density at radius 1 is 1.24 bits per heavy atom. The normalized spacial score (nSPS) is 14.7. The summed E-state index contributed by atoms with van der Waals surface area (Å²) in [5.41, 5.74) is 3.98. The lowest BCUT2D eigenvalue weighted by molar-refractivity contribution is -0.111. The number of aryl methyl sites for hydroxylation is 1. The molecular formula is C27H33N7O4. The number of methoxy groups -OCH3 is 2. The first-order valence-electron chi connectivity index (χ1n) is 12.2. The summed E-state index contributed by atoms with van der Waals surface area (Å²) in [7, 11) is 5.15. The predicted octanol–water partition coefficient (Wildman–Crippen LogP) is 4.02. The van der Waals surface area contributed by atoms with Gasteiger partial charge >= 0.3 is 0 Å². The maximum Gasteiger partial charge on any atom is 0.247 e. The van der Waals surface area contributed by atoms with Gasteiger partial charge < -0.3 is 25.0 Å². The molecule has 2 aromatic heterocycles. The molecule has 0 aliphatic carbocycles. The molecule has 1 aliphatic rings. The van der Waals surface area contributed by atoms with E-state index in [9.17, 15) is 4.79 Å². The third kappa shape index (κ3) is 6.18. The van der Waals surface area contributed by atoms with E-state index in [1.54, 1.807) is 31.4 Å². The van der Waals surface area contributed by atoms with Crippen LogP contribution < -0.4 is 25.3 Å². The Bertz CT molecular complexity index is 1270. The van der Waals surface area contributed by atoms with Crippen molar-refractivity contribution in [3.8, 4) is 5.75 Å². The number of pyridine rings is 1. The first kappa shape index (κ1) is 26.8. The van der Waals surface area contributed by atoms with Crippen molar-refractivity contribution >= 4 is 34.6 Å². The summed E-state index contributed by atoms with van der Waals surface area (Å²) in [6, 6.07) is 9.49. The van der Waals surface area contributed by atoms with Crippen molar-refractivity contribution in [3.05, 3.63) is 66.8 Å². The zero-order valence-corrected chi connectivity index (χ0v) is 22.1. The van der Waals surface area contributed by atoms with Gasteiger partial charge in [-0.2, -0.15) is 0 Å². The number of nitrogens with one attached hydrogen (secondary N) is 2. The summed E-state index contributed by atoms with van der Waals surface area (Å²) < 4.78 is 10.9. The van der Waals surface area contributed by atoms with Crippen molar-refractivity contribution in [2.75, 3.05) is 61.6 Å². The molecule has 11 heteroatoms. The van der Waals surface area contributed by atoms with Gasteiger partial charge in [0, 0.05) is 51.1 Å².